The summed E-state index contributed by atoms with van der Waals surface area (Å²) in [4.78, 5) is 0.0000425. The Morgan fingerprint density at radius 2 is 1.37 bits per heavy atom. The molecule has 0 amide bonds. The summed E-state index contributed by atoms with van der Waals surface area (Å²) in [6, 6.07) is 12.4. The van der Waals surface area contributed by atoms with Crippen LogP contribution in [0.3, 0.4) is 0 Å². The van der Waals surface area contributed by atoms with E-state index < -0.39 is 45.3 Å². The SMILES string of the molecule is COC1C[C@H](OS(=O)(=O)c2ccc(C)cc2)[C@@H](COS(=O)(=O)c2ccc(C)cc2)O1. The van der Waals surface area contributed by atoms with Crippen LogP contribution in [0, 0.1) is 13.8 Å². The highest BCUT2D eigenvalue weighted by atomic mass is 32.2. The van der Waals surface area contributed by atoms with Gasteiger partial charge in [-0.15, -0.1) is 0 Å². The minimum atomic E-state index is -4.08. The average molecular weight is 457 g/mol. The average Bonchev–Trinajstić information content (AvgIpc) is 3.08. The number of methoxy groups -OCH3 is 1. The second kappa shape index (κ2) is 9.13. The molecule has 30 heavy (non-hydrogen) atoms. The number of rotatable bonds is 8. The van der Waals surface area contributed by atoms with Crippen LogP contribution in [0.2, 0.25) is 0 Å². The van der Waals surface area contributed by atoms with Crippen LogP contribution in [0.15, 0.2) is 58.3 Å². The van der Waals surface area contributed by atoms with Crippen molar-refractivity contribution < 1.29 is 34.7 Å². The monoisotopic (exact) mass is 456 g/mol. The number of hydrogen-bond donors (Lipinski definition) is 0. The van der Waals surface area contributed by atoms with Crippen LogP contribution < -0.4 is 0 Å². The lowest BCUT2D eigenvalue weighted by Crippen LogP contribution is -2.32. The Kier molecular flexibility index (Phi) is 6.95. The zero-order valence-corrected chi connectivity index (χ0v) is 18.5. The first-order chi connectivity index (χ1) is 14.1. The van der Waals surface area contributed by atoms with Gasteiger partial charge in [-0.1, -0.05) is 35.4 Å². The van der Waals surface area contributed by atoms with Crippen LogP contribution in [0.4, 0.5) is 0 Å². The van der Waals surface area contributed by atoms with Crippen LogP contribution in [0.25, 0.3) is 0 Å². The van der Waals surface area contributed by atoms with Gasteiger partial charge in [-0.05, 0) is 38.1 Å². The zero-order chi connectivity index (χ0) is 21.9. The van der Waals surface area contributed by atoms with E-state index in [0.717, 1.165) is 11.1 Å². The fraction of sp³-hybridized carbons (Fsp3) is 0.400. The van der Waals surface area contributed by atoms with Crippen molar-refractivity contribution in [1.82, 2.24) is 0 Å². The predicted molar refractivity (Wildman–Crippen MR) is 108 cm³/mol. The summed E-state index contributed by atoms with van der Waals surface area (Å²) < 4.78 is 71.3. The molecule has 1 unspecified atom stereocenters. The number of ether oxygens (including phenoxy) is 2. The Morgan fingerprint density at radius 1 is 0.867 bits per heavy atom. The molecule has 0 aromatic heterocycles. The molecule has 1 fully saturated rings. The molecule has 0 aliphatic carbocycles. The van der Waals surface area contributed by atoms with Crippen molar-refractivity contribution in [3.05, 3.63) is 59.7 Å². The molecule has 1 aliphatic heterocycles. The Labute approximate surface area is 177 Å². The van der Waals surface area contributed by atoms with E-state index in [1.807, 2.05) is 13.8 Å². The fourth-order valence-corrected chi connectivity index (χ4v) is 4.96. The minimum absolute atomic E-state index is 0.000802. The summed E-state index contributed by atoms with van der Waals surface area (Å²) in [5.41, 5.74) is 1.82. The van der Waals surface area contributed by atoms with Crippen molar-refractivity contribution in [3.63, 3.8) is 0 Å². The van der Waals surface area contributed by atoms with Crippen LogP contribution in [0.1, 0.15) is 17.5 Å². The molecule has 8 nitrogen and oxygen atoms in total. The van der Waals surface area contributed by atoms with Crippen LogP contribution >= 0.6 is 0 Å². The highest BCUT2D eigenvalue weighted by Gasteiger charge is 2.40. The van der Waals surface area contributed by atoms with Crippen molar-refractivity contribution in [2.75, 3.05) is 13.7 Å². The summed E-state index contributed by atoms with van der Waals surface area (Å²) >= 11 is 0. The van der Waals surface area contributed by atoms with Gasteiger partial charge in [0, 0.05) is 13.5 Å². The van der Waals surface area contributed by atoms with E-state index in [2.05, 4.69) is 0 Å². The van der Waals surface area contributed by atoms with Gasteiger partial charge in [0.15, 0.2) is 6.29 Å². The molecule has 2 aromatic carbocycles. The van der Waals surface area contributed by atoms with Gasteiger partial charge in [-0.25, -0.2) is 0 Å². The largest absolute Gasteiger partial charge is 0.356 e. The van der Waals surface area contributed by atoms with E-state index >= 15 is 0 Å². The molecule has 1 heterocycles. The summed E-state index contributed by atoms with van der Waals surface area (Å²) in [5.74, 6) is 0. The van der Waals surface area contributed by atoms with Gasteiger partial charge >= 0.3 is 0 Å². The molecule has 3 atom stereocenters. The van der Waals surface area contributed by atoms with Gasteiger partial charge in [0.1, 0.15) is 12.2 Å². The summed E-state index contributed by atoms with van der Waals surface area (Å²) in [7, 11) is -6.71. The van der Waals surface area contributed by atoms with Crippen LogP contribution in [-0.4, -0.2) is 49.1 Å². The third-order valence-electron chi connectivity index (χ3n) is 4.69. The molecule has 1 aliphatic rings. The molecule has 10 heteroatoms. The molecule has 0 bridgehead atoms. The molecule has 0 N–H and O–H groups in total. The minimum Gasteiger partial charge on any atom is -0.356 e. The van der Waals surface area contributed by atoms with Gasteiger partial charge in [0.25, 0.3) is 20.2 Å². The van der Waals surface area contributed by atoms with E-state index in [1.165, 1.54) is 31.4 Å². The maximum atomic E-state index is 12.6. The van der Waals surface area contributed by atoms with Gasteiger partial charge in [0.05, 0.1) is 16.4 Å². The number of aryl methyl sites for hydroxylation is 2. The van der Waals surface area contributed by atoms with Gasteiger partial charge in [-0.3, -0.25) is 8.37 Å². The molecule has 0 spiro atoms. The smallest absolute Gasteiger partial charge is 0.297 e. The van der Waals surface area contributed by atoms with E-state index in [9.17, 15) is 16.8 Å². The van der Waals surface area contributed by atoms with Gasteiger partial charge < -0.3 is 9.47 Å². The van der Waals surface area contributed by atoms with E-state index in [0.29, 0.717) is 0 Å². The maximum Gasteiger partial charge on any atom is 0.297 e. The fourth-order valence-electron chi connectivity index (χ4n) is 2.93. The van der Waals surface area contributed by atoms with Gasteiger partial charge in [0.2, 0.25) is 0 Å². The molecule has 2 aromatic rings. The second-order valence-corrected chi connectivity index (χ2v) is 10.2. The lowest BCUT2D eigenvalue weighted by molar-refractivity contribution is -0.123. The quantitative estimate of drug-likeness (QED) is 0.558. The second-order valence-electron chi connectivity index (χ2n) is 7.03. The Morgan fingerprint density at radius 3 is 1.87 bits per heavy atom. The van der Waals surface area contributed by atoms with Crippen molar-refractivity contribution >= 4 is 20.2 Å². The molecular weight excluding hydrogens is 432 g/mol. The van der Waals surface area contributed by atoms with E-state index in [-0.39, 0.29) is 16.2 Å². The first kappa shape index (κ1) is 22.9. The first-order valence-corrected chi connectivity index (χ1v) is 12.1. The highest BCUT2D eigenvalue weighted by Crippen LogP contribution is 2.28. The van der Waals surface area contributed by atoms with Gasteiger partial charge in [-0.2, -0.15) is 16.8 Å². The summed E-state index contributed by atoms with van der Waals surface area (Å²) in [6.07, 6.45) is -2.54. The Hall–Kier alpha value is -1.82. The van der Waals surface area contributed by atoms with E-state index in [1.54, 1.807) is 24.3 Å². The molecule has 0 radical (unpaired) electrons. The maximum absolute atomic E-state index is 12.6. The topological polar surface area (TPSA) is 105 Å². The predicted octanol–water partition coefficient (Wildman–Crippen LogP) is 2.54. The number of hydrogen-bond acceptors (Lipinski definition) is 8. The Bertz CT molecular complexity index is 1060. The summed E-state index contributed by atoms with van der Waals surface area (Å²) in [6.45, 7) is 3.27. The standard InChI is InChI=1S/C20H24O8S2/c1-14-4-8-16(9-5-14)29(21,22)26-13-19-18(12-20(25-3)27-19)28-30(23,24)17-10-6-15(2)7-11-17/h4-11,18-20H,12-13H2,1-3H3/t18-,19+,20?/m0/s1. The summed E-state index contributed by atoms with van der Waals surface area (Å²) in [5, 5.41) is 0. The number of benzene rings is 2. The molecular formula is C20H24O8S2. The molecule has 3 rings (SSSR count). The third-order valence-corrected chi connectivity index (χ3v) is 7.33. The van der Waals surface area contributed by atoms with Crippen molar-refractivity contribution in [2.45, 2.75) is 48.6 Å². The van der Waals surface area contributed by atoms with Crippen molar-refractivity contribution in [2.24, 2.45) is 0 Å². The lowest BCUT2D eigenvalue weighted by atomic mass is 10.2. The first-order valence-electron chi connectivity index (χ1n) is 9.25. The normalized spacial score (nSPS) is 22.3. The van der Waals surface area contributed by atoms with Crippen molar-refractivity contribution in [3.8, 4) is 0 Å². The van der Waals surface area contributed by atoms with Crippen LogP contribution in [0.5, 0.6) is 0 Å². The highest BCUT2D eigenvalue weighted by molar-refractivity contribution is 7.87. The van der Waals surface area contributed by atoms with E-state index in [4.69, 9.17) is 17.8 Å². The molecule has 1 saturated heterocycles. The van der Waals surface area contributed by atoms with Crippen LogP contribution in [-0.2, 0) is 38.1 Å². The van der Waals surface area contributed by atoms with Crippen molar-refractivity contribution in [1.29, 1.82) is 0 Å². The molecule has 164 valence electrons. The zero-order valence-electron chi connectivity index (χ0n) is 16.8. The lowest BCUT2D eigenvalue weighted by Gasteiger charge is -2.18. The molecule has 0 saturated carbocycles. The Balaban J connectivity index is 1.72. The third kappa shape index (κ3) is 5.45.